The van der Waals surface area contributed by atoms with Crippen molar-refractivity contribution in [1.29, 1.82) is 0 Å². The average Bonchev–Trinajstić information content (AvgIpc) is 3.06. The van der Waals surface area contributed by atoms with Crippen molar-refractivity contribution in [2.75, 3.05) is 31.2 Å². The highest BCUT2D eigenvalue weighted by molar-refractivity contribution is 7.22. The molecule has 0 spiro atoms. The number of hydrogen-bond acceptors (Lipinski definition) is 4. The zero-order valence-corrected chi connectivity index (χ0v) is 15.9. The first-order valence-electron chi connectivity index (χ1n) is 8.84. The van der Waals surface area contributed by atoms with Crippen molar-refractivity contribution in [3.63, 3.8) is 0 Å². The number of pyridine rings is 1. The second kappa shape index (κ2) is 6.43. The molecule has 4 rings (SSSR count). The molecule has 3 heterocycles. The molecule has 1 aliphatic rings. The molecule has 130 valence electrons. The third-order valence-electron chi connectivity index (χ3n) is 4.77. The molecule has 0 aliphatic carbocycles. The number of nitrogens with zero attached hydrogens (tertiary/aromatic N) is 2. The Labute approximate surface area is 153 Å². The predicted molar refractivity (Wildman–Crippen MR) is 107 cm³/mol. The number of anilines is 1. The molecule has 0 atom stereocenters. The van der Waals surface area contributed by atoms with E-state index in [1.54, 1.807) is 0 Å². The Bertz CT molecular complexity index is 871. The number of aromatic nitrogens is 1. The third kappa shape index (κ3) is 3.29. The van der Waals surface area contributed by atoms with Crippen LogP contribution in [-0.2, 0) is 10.2 Å². The largest absolute Gasteiger partial charge is 0.378 e. The van der Waals surface area contributed by atoms with E-state index in [-0.39, 0.29) is 5.41 Å². The monoisotopic (exact) mass is 352 g/mol. The van der Waals surface area contributed by atoms with E-state index in [2.05, 4.69) is 67.1 Å². The molecular formula is C21H24N2OS. The van der Waals surface area contributed by atoms with Crippen LogP contribution >= 0.6 is 11.3 Å². The van der Waals surface area contributed by atoms with Crippen molar-refractivity contribution >= 4 is 27.2 Å². The standard InChI is InChI=1S/C21H24N2OS/c1-21(2,3)16-6-4-15(5-7-16)19-14-17-18(25-19)8-9-22-20(17)23-10-12-24-13-11-23/h4-9,14H,10-13H2,1-3H3. The Balaban J connectivity index is 1.71. The first-order chi connectivity index (χ1) is 12.0. The van der Waals surface area contributed by atoms with Gasteiger partial charge in [0.2, 0.25) is 0 Å². The van der Waals surface area contributed by atoms with Gasteiger partial charge in [-0.2, -0.15) is 0 Å². The zero-order valence-electron chi connectivity index (χ0n) is 15.1. The quantitative estimate of drug-likeness (QED) is 0.642. The molecule has 25 heavy (non-hydrogen) atoms. The smallest absolute Gasteiger partial charge is 0.137 e. The second-order valence-electron chi connectivity index (χ2n) is 7.58. The molecule has 3 aromatic rings. The third-order valence-corrected chi connectivity index (χ3v) is 5.92. The van der Waals surface area contributed by atoms with Gasteiger partial charge in [0.25, 0.3) is 0 Å². The molecule has 3 nitrogen and oxygen atoms in total. The van der Waals surface area contributed by atoms with Gasteiger partial charge in [-0.05, 0) is 28.7 Å². The summed E-state index contributed by atoms with van der Waals surface area (Å²) in [5.41, 5.74) is 2.83. The summed E-state index contributed by atoms with van der Waals surface area (Å²) in [5, 5.41) is 1.25. The van der Waals surface area contributed by atoms with Crippen molar-refractivity contribution in [3.05, 3.63) is 48.2 Å². The van der Waals surface area contributed by atoms with E-state index < -0.39 is 0 Å². The van der Waals surface area contributed by atoms with Crippen LogP contribution in [0.25, 0.3) is 20.5 Å². The lowest BCUT2D eigenvalue weighted by atomic mass is 9.86. The minimum atomic E-state index is 0.187. The van der Waals surface area contributed by atoms with Crippen molar-refractivity contribution in [1.82, 2.24) is 4.98 Å². The van der Waals surface area contributed by atoms with Gasteiger partial charge < -0.3 is 9.64 Å². The molecule has 0 amide bonds. The van der Waals surface area contributed by atoms with Crippen LogP contribution in [0.4, 0.5) is 5.82 Å². The van der Waals surface area contributed by atoms with E-state index in [4.69, 9.17) is 4.74 Å². The maximum absolute atomic E-state index is 5.48. The van der Waals surface area contributed by atoms with E-state index in [1.165, 1.54) is 26.1 Å². The van der Waals surface area contributed by atoms with Crippen LogP contribution in [0.3, 0.4) is 0 Å². The molecular weight excluding hydrogens is 328 g/mol. The minimum absolute atomic E-state index is 0.187. The Morgan fingerprint density at radius 2 is 1.76 bits per heavy atom. The molecule has 0 unspecified atom stereocenters. The molecule has 1 fully saturated rings. The predicted octanol–water partition coefficient (Wildman–Crippen LogP) is 5.10. The molecule has 0 saturated carbocycles. The summed E-state index contributed by atoms with van der Waals surface area (Å²) < 4.78 is 6.78. The second-order valence-corrected chi connectivity index (χ2v) is 8.67. The number of benzene rings is 1. The van der Waals surface area contributed by atoms with Crippen LogP contribution in [-0.4, -0.2) is 31.3 Å². The Morgan fingerprint density at radius 1 is 1.04 bits per heavy atom. The summed E-state index contributed by atoms with van der Waals surface area (Å²) in [5.74, 6) is 1.09. The summed E-state index contributed by atoms with van der Waals surface area (Å²) in [6.07, 6.45) is 1.93. The topological polar surface area (TPSA) is 25.4 Å². The number of rotatable bonds is 2. The van der Waals surface area contributed by atoms with Crippen LogP contribution in [0.2, 0.25) is 0 Å². The summed E-state index contributed by atoms with van der Waals surface area (Å²) in [4.78, 5) is 8.30. The van der Waals surface area contributed by atoms with E-state index >= 15 is 0 Å². The number of morpholine rings is 1. The first-order valence-corrected chi connectivity index (χ1v) is 9.66. The van der Waals surface area contributed by atoms with Crippen LogP contribution in [0.15, 0.2) is 42.6 Å². The first kappa shape index (κ1) is 16.6. The fourth-order valence-electron chi connectivity index (χ4n) is 3.25. The molecule has 2 aromatic heterocycles. The van der Waals surface area contributed by atoms with Crippen LogP contribution in [0, 0.1) is 0 Å². The minimum Gasteiger partial charge on any atom is -0.378 e. The summed E-state index contributed by atoms with van der Waals surface area (Å²) >= 11 is 1.84. The van der Waals surface area contributed by atoms with E-state index in [1.807, 2.05) is 17.5 Å². The number of ether oxygens (including phenoxy) is 1. The highest BCUT2D eigenvalue weighted by Gasteiger charge is 2.18. The zero-order chi connectivity index (χ0) is 17.4. The van der Waals surface area contributed by atoms with Crippen LogP contribution < -0.4 is 4.90 Å². The lowest BCUT2D eigenvalue weighted by molar-refractivity contribution is 0.122. The number of fused-ring (bicyclic) bond motifs is 1. The summed E-state index contributed by atoms with van der Waals surface area (Å²) in [6.45, 7) is 10.1. The van der Waals surface area contributed by atoms with E-state index in [9.17, 15) is 0 Å². The summed E-state index contributed by atoms with van der Waals surface area (Å²) in [7, 11) is 0. The molecule has 0 N–H and O–H groups in total. The van der Waals surface area contributed by atoms with Crippen molar-refractivity contribution in [2.45, 2.75) is 26.2 Å². The lowest BCUT2D eigenvalue weighted by Gasteiger charge is -2.28. The lowest BCUT2D eigenvalue weighted by Crippen LogP contribution is -2.36. The SMILES string of the molecule is CC(C)(C)c1ccc(-c2cc3c(N4CCOCC4)nccc3s2)cc1. The Kier molecular flexibility index (Phi) is 4.26. The molecule has 0 bridgehead atoms. The number of thiophene rings is 1. The maximum atomic E-state index is 5.48. The fraction of sp³-hybridized carbons (Fsp3) is 0.381. The molecule has 0 radical (unpaired) electrons. The van der Waals surface area contributed by atoms with Gasteiger partial charge in [0, 0.05) is 34.2 Å². The van der Waals surface area contributed by atoms with Crippen LogP contribution in [0.5, 0.6) is 0 Å². The van der Waals surface area contributed by atoms with Gasteiger partial charge in [0.05, 0.1) is 13.2 Å². The Hall–Kier alpha value is -1.91. The van der Waals surface area contributed by atoms with Gasteiger partial charge in [-0.25, -0.2) is 4.98 Å². The summed E-state index contributed by atoms with van der Waals surface area (Å²) in [6, 6.07) is 13.4. The van der Waals surface area contributed by atoms with Crippen molar-refractivity contribution < 1.29 is 4.74 Å². The van der Waals surface area contributed by atoms with E-state index in [0.29, 0.717) is 0 Å². The van der Waals surface area contributed by atoms with Crippen LogP contribution in [0.1, 0.15) is 26.3 Å². The average molecular weight is 353 g/mol. The normalized spacial score (nSPS) is 15.7. The van der Waals surface area contributed by atoms with Crippen molar-refractivity contribution in [3.8, 4) is 10.4 Å². The Morgan fingerprint density at radius 3 is 2.44 bits per heavy atom. The molecule has 4 heteroatoms. The van der Waals surface area contributed by atoms with Gasteiger partial charge in [0.1, 0.15) is 5.82 Å². The molecule has 1 saturated heterocycles. The van der Waals surface area contributed by atoms with Gasteiger partial charge in [-0.1, -0.05) is 45.0 Å². The van der Waals surface area contributed by atoms with Gasteiger partial charge >= 0.3 is 0 Å². The fourth-order valence-corrected chi connectivity index (χ4v) is 4.31. The van der Waals surface area contributed by atoms with Crippen molar-refractivity contribution in [2.24, 2.45) is 0 Å². The van der Waals surface area contributed by atoms with Gasteiger partial charge in [-0.15, -0.1) is 11.3 Å². The van der Waals surface area contributed by atoms with Gasteiger partial charge in [0.15, 0.2) is 0 Å². The molecule has 1 aliphatic heterocycles. The highest BCUT2D eigenvalue weighted by atomic mass is 32.1. The number of hydrogen-bond donors (Lipinski definition) is 0. The highest BCUT2D eigenvalue weighted by Crippen LogP contribution is 2.38. The van der Waals surface area contributed by atoms with Gasteiger partial charge in [-0.3, -0.25) is 0 Å². The molecule has 1 aromatic carbocycles. The van der Waals surface area contributed by atoms with E-state index in [0.717, 1.165) is 32.1 Å². The maximum Gasteiger partial charge on any atom is 0.137 e.